The van der Waals surface area contributed by atoms with Crippen molar-refractivity contribution in [1.82, 2.24) is 0 Å². The van der Waals surface area contributed by atoms with Crippen molar-refractivity contribution in [2.24, 2.45) is 0 Å². The molecule has 0 aromatic heterocycles. The molecule has 3 rings (SSSR count). The summed E-state index contributed by atoms with van der Waals surface area (Å²) in [4.78, 5) is 22.3. The van der Waals surface area contributed by atoms with Gasteiger partial charge in [0.05, 0.1) is 6.61 Å². The second kappa shape index (κ2) is 10.5. The molecule has 0 N–H and O–H groups in total. The normalized spacial score (nSPS) is 11.7. The zero-order valence-electron chi connectivity index (χ0n) is 16.4. The molecule has 144 valence electrons. The number of ketones is 1. The Morgan fingerprint density at radius 3 is 2.15 bits per heavy atom. The summed E-state index contributed by atoms with van der Waals surface area (Å²) < 4.78 is 10.4. The number of hydrogen-bond acceptors (Lipinski definition) is 4. The van der Waals surface area contributed by atoms with Crippen LogP contribution < -0.4 is 4.74 Å². The smallest absolute Gasteiger partial charge is 0.302 e. The molecule has 0 bridgehead atoms. The van der Waals surface area contributed by atoms with E-state index in [9.17, 15) is 9.59 Å². The second-order valence-corrected chi connectivity index (χ2v) is 6.50. The lowest BCUT2D eigenvalue weighted by atomic mass is 10.0. The Morgan fingerprint density at radius 2 is 1.63 bits per heavy atom. The average Bonchev–Trinajstić information content (AvgIpc) is 3.27. The number of Topliss-reactive ketones (excluding diaryl/α,β-unsaturated/α-hetero) is 1. The fourth-order valence-electron chi connectivity index (χ4n) is 2.76. The van der Waals surface area contributed by atoms with Crippen molar-refractivity contribution in [2.75, 3.05) is 6.61 Å². The summed E-state index contributed by atoms with van der Waals surface area (Å²) in [6.07, 6.45) is 3.25. The molecule has 0 saturated heterocycles. The Kier molecular flexibility index (Phi) is 8.05. The first-order valence-corrected chi connectivity index (χ1v) is 9.58. The monoisotopic (exact) mass is 368 g/mol. The summed E-state index contributed by atoms with van der Waals surface area (Å²) >= 11 is 0. The van der Waals surface area contributed by atoms with Crippen LogP contribution in [0.15, 0.2) is 48.5 Å². The topological polar surface area (TPSA) is 52.6 Å². The number of esters is 1. The van der Waals surface area contributed by atoms with E-state index in [4.69, 9.17) is 4.74 Å². The molecule has 0 heterocycles. The Bertz CT molecular complexity index is 732. The van der Waals surface area contributed by atoms with Crippen LogP contribution in [0.1, 0.15) is 58.1 Å². The molecule has 0 amide bonds. The van der Waals surface area contributed by atoms with E-state index in [0.29, 0.717) is 13.0 Å². The van der Waals surface area contributed by atoms with Crippen molar-refractivity contribution in [3.05, 3.63) is 54.1 Å². The molecule has 0 aliphatic heterocycles. The van der Waals surface area contributed by atoms with E-state index in [2.05, 4.69) is 17.7 Å². The van der Waals surface area contributed by atoms with Gasteiger partial charge < -0.3 is 9.47 Å². The number of carbonyl (C=O) groups excluding carboxylic acids is 2. The third-order valence-corrected chi connectivity index (χ3v) is 4.18. The fourth-order valence-corrected chi connectivity index (χ4v) is 2.76. The molecule has 0 fully saturated rings. The van der Waals surface area contributed by atoms with Crippen LogP contribution in [0.3, 0.4) is 0 Å². The summed E-state index contributed by atoms with van der Waals surface area (Å²) in [5.41, 5.74) is 3.40. The standard InChI is InChI=1S/C19H20O2.C4H8O2/c1-2-3-5-10-18(20)19(14-8-6-4-7-9-14)21-17-12-15-11-16(15)13-17;1-3-6-4(2)5/h4,6-9,11-13,19H,2-3,5,10H2,1H3;3H2,1-2H3. The fraction of sp³-hybridized carbons (Fsp3) is 0.391. The Morgan fingerprint density at radius 1 is 0.963 bits per heavy atom. The minimum Gasteiger partial charge on any atom is -0.478 e. The van der Waals surface area contributed by atoms with Gasteiger partial charge in [-0.25, -0.2) is 0 Å². The quantitative estimate of drug-likeness (QED) is 0.369. The predicted octanol–water partition coefficient (Wildman–Crippen LogP) is 5.51. The van der Waals surface area contributed by atoms with Gasteiger partial charge in [0.1, 0.15) is 5.75 Å². The van der Waals surface area contributed by atoms with Gasteiger partial charge in [0, 0.05) is 13.3 Å². The molecule has 0 spiro atoms. The molecule has 2 aliphatic rings. The van der Waals surface area contributed by atoms with Gasteiger partial charge in [-0.2, -0.15) is 0 Å². The number of ether oxygens (including phenoxy) is 2. The molecule has 1 aromatic rings. The molecule has 27 heavy (non-hydrogen) atoms. The summed E-state index contributed by atoms with van der Waals surface area (Å²) in [5, 5.41) is 0. The van der Waals surface area contributed by atoms with E-state index in [0.717, 1.165) is 30.6 Å². The van der Waals surface area contributed by atoms with Gasteiger partial charge in [-0.3, -0.25) is 9.59 Å². The number of unbranched alkanes of at least 4 members (excludes halogenated alkanes) is 2. The highest BCUT2D eigenvalue weighted by atomic mass is 16.5. The van der Waals surface area contributed by atoms with E-state index in [1.165, 1.54) is 18.1 Å². The van der Waals surface area contributed by atoms with Crippen LogP contribution >= 0.6 is 0 Å². The van der Waals surface area contributed by atoms with Crippen LogP contribution in [0.5, 0.6) is 5.75 Å². The van der Waals surface area contributed by atoms with Crippen LogP contribution in [-0.4, -0.2) is 18.4 Å². The van der Waals surface area contributed by atoms with Gasteiger partial charge in [-0.15, -0.1) is 0 Å². The summed E-state index contributed by atoms with van der Waals surface area (Å²) in [6.45, 7) is 5.80. The molecular formula is C23H28O4. The maximum atomic E-state index is 12.5. The molecule has 4 nitrogen and oxygen atoms in total. The van der Waals surface area contributed by atoms with Crippen molar-refractivity contribution in [1.29, 1.82) is 0 Å². The first-order valence-electron chi connectivity index (χ1n) is 9.58. The molecule has 1 unspecified atom stereocenters. The Balaban J connectivity index is 0.000000380. The van der Waals surface area contributed by atoms with Crippen LogP contribution in [0.25, 0.3) is 11.1 Å². The zero-order valence-corrected chi connectivity index (χ0v) is 16.4. The highest BCUT2D eigenvalue weighted by Gasteiger charge is 2.24. The van der Waals surface area contributed by atoms with E-state index in [1.54, 1.807) is 6.92 Å². The van der Waals surface area contributed by atoms with Gasteiger partial charge >= 0.3 is 5.97 Å². The number of benzene rings is 2. The van der Waals surface area contributed by atoms with Crippen LogP contribution in [0, 0.1) is 0 Å². The predicted molar refractivity (Wildman–Crippen MR) is 107 cm³/mol. The molecule has 0 saturated carbocycles. The summed E-state index contributed by atoms with van der Waals surface area (Å²) in [5.74, 6) is 0.765. The Hall–Kier alpha value is -2.62. The van der Waals surface area contributed by atoms with Crippen LogP contribution in [0.4, 0.5) is 0 Å². The zero-order chi connectivity index (χ0) is 19.6. The Labute approximate surface area is 161 Å². The van der Waals surface area contributed by atoms with Crippen molar-refractivity contribution >= 4 is 11.8 Å². The SMILES string of the molecule is CCCCCC(=O)C(Oc1cc2cc-2c1)c1ccccc1.CCOC(C)=O. The van der Waals surface area contributed by atoms with Gasteiger partial charge in [0.25, 0.3) is 0 Å². The highest BCUT2D eigenvalue weighted by molar-refractivity contribution is 5.86. The van der Waals surface area contributed by atoms with E-state index >= 15 is 0 Å². The average molecular weight is 368 g/mol. The highest BCUT2D eigenvalue weighted by Crippen LogP contribution is 2.41. The number of carbonyl (C=O) groups is 2. The lowest BCUT2D eigenvalue weighted by Crippen LogP contribution is -2.18. The van der Waals surface area contributed by atoms with Crippen molar-refractivity contribution < 1.29 is 19.1 Å². The molecule has 0 radical (unpaired) electrons. The van der Waals surface area contributed by atoms with Gasteiger partial charge in [-0.1, -0.05) is 50.1 Å². The van der Waals surface area contributed by atoms with E-state index in [-0.39, 0.29) is 11.8 Å². The number of hydrogen-bond donors (Lipinski definition) is 0. The molecule has 2 aliphatic carbocycles. The third kappa shape index (κ3) is 6.89. The van der Waals surface area contributed by atoms with Crippen LogP contribution in [-0.2, 0) is 14.3 Å². The third-order valence-electron chi connectivity index (χ3n) is 4.18. The molecular weight excluding hydrogens is 340 g/mol. The molecule has 1 aromatic carbocycles. The maximum Gasteiger partial charge on any atom is 0.302 e. The molecule has 4 heteroatoms. The van der Waals surface area contributed by atoms with Gasteiger partial charge in [0.2, 0.25) is 0 Å². The number of fused-ring (bicyclic) bond motifs is 1. The maximum absolute atomic E-state index is 12.5. The number of rotatable bonds is 9. The lowest BCUT2D eigenvalue weighted by Gasteiger charge is -2.18. The minimum absolute atomic E-state index is 0.170. The van der Waals surface area contributed by atoms with E-state index in [1.807, 2.05) is 42.5 Å². The first-order chi connectivity index (χ1) is 13.0. The van der Waals surface area contributed by atoms with Crippen molar-refractivity contribution in [3.63, 3.8) is 0 Å². The summed E-state index contributed by atoms with van der Waals surface area (Å²) in [6, 6.07) is 15.9. The summed E-state index contributed by atoms with van der Waals surface area (Å²) in [7, 11) is 0. The van der Waals surface area contributed by atoms with Crippen molar-refractivity contribution in [3.8, 4) is 16.9 Å². The lowest BCUT2D eigenvalue weighted by molar-refractivity contribution is -0.140. The van der Waals surface area contributed by atoms with E-state index < -0.39 is 6.10 Å². The van der Waals surface area contributed by atoms with Gasteiger partial charge in [0.15, 0.2) is 11.9 Å². The van der Waals surface area contributed by atoms with Crippen molar-refractivity contribution in [2.45, 2.75) is 52.6 Å². The van der Waals surface area contributed by atoms with Crippen LogP contribution in [0.2, 0.25) is 0 Å². The molecule has 1 atom stereocenters. The van der Waals surface area contributed by atoms with Gasteiger partial charge in [-0.05, 0) is 48.2 Å². The first kappa shape index (κ1) is 20.7. The minimum atomic E-state index is -0.482. The second-order valence-electron chi connectivity index (χ2n) is 6.50. The largest absolute Gasteiger partial charge is 0.478 e.